The van der Waals surface area contributed by atoms with Crippen molar-refractivity contribution in [3.05, 3.63) is 118 Å². The zero-order valence-electron chi connectivity index (χ0n) is 23.2. The third kappa shape index (κ3) is 7.49. The fourth-order valence-corrected chi connectivity index (χ4v) is 6.36. The summed E-state index contributed by atoms with van der Waals surface area (Å²) in [6, 6.07) is 29.0. The zero-order chi connectivity index (χ0) is 28.6. The van der Waals surface area contributed by atoms with Crippen LogP contribution in [-0.2, 0) is 29.0 Å². The van der Waals surface area contributed by atoms with Crippen LogP contribution in [-0.4, -0.2) is 28.8 Å². The van der Waals surface area contributed by atoms with Gasteiger partial charge in [-0.15, -0.1) is 0 Å². The van der Waals surface area contributed by atoms with Crippen LogP contribution in [0.5, 0.6) is 0 Å². The van der Waals surface area contributed by atoms with Gasteiger partial charge in [-0.1, -0.05) is 121 Å². The molecule has 5 rings (SSSR count). The minimum atomic E-state index is -0.702. The molecule has 0 aliphatic heterocycles. The number of hydrogen-bond acceptors (Lipinski definition) is 2. The molecule has 0 spiro atoms. The molecule has 0 bridgehead atoms. The number of fused-ring (bicyclic) bond motifs is 1. The Bertz CT molecular complexity index is 1460. The van der Waals surface area contributed by atoms with Gasteiger partial charge in [0.15, 0.2) is 0 Å². The van der Waals surface area contributed by atoms with Crippen LogP contribution >= 0.6 is 23.2 Å². The molecule has 1 aliphatic carbocycles. The number of carbonyl (C=O) groups excluding carboxylic acids is 2. The van der Waals surface area contributed by atoms with Gasteiger partial charge in [0, 0.05) is 41.0 Å². The van der Waals surface area contributed by atoms with Crippen molar-refractivity contribution in [2.75, 3.05) is 0 Å². The molecule has 6 heteroatoms. The van der Waals surface area contributed by atoms with Gasteiger partial charge in [-0.25, -0.2) is 0 Å². The highest BCUT2D eigenvalue weighted by molar-refractivity contribution is 6.36. The summed E-state index contributed by atoms with van der Waals surface area (Å²) in [5, 5.41) is 6.54. The van der Waals surface area contributed by atoms with Crippen molar-refractivity contribution in [2.24, 2.45) is 0 Å². The second kappa shape index (κ2) is 14.0. The summed E-state index contributed by atoms with van der Waals surface area (Å²) in [5.74, 6) is -0.226. The Morgan fingerprint density at radius 2 is 1.46 bits per heavy atom. The molecule has 2 amide bonds. The molecule has 1 saturated carbocycles. The number of nitrogens with one attached hydrogen (secondary N) is 1. The number of halogens is 2. The summed E-state index contributed by atoms with van der Waals surface area (Å²) in [5.41, 5.74) is 2.75. The number of aryl methyl sites for hydroxylation is 1. The van der Waals surface area contributed by atoms with E-state index in [0.717, 1.165) is 47.6 Å². The van der Waals surface area contributed by atoms with E-state index in [9.17, 15) is 9.59 Å². The Labute approximate surface area is 252 Å². The van der Waals surface area contributed by atoms with Gasteiger partial charge >= 0.3 is 0 Å². The lowest BCUT2D eigenvalue weighted by Crippen LogP contribution is -2.53. The molecule has 1 atom stereocenters. The van der Waals surface area contributed by atoms with Crippen LogP contribution in [0.1, 0.15) is 55.2 Å². The molecular weight excluding hydrogens is 551 g/mol. The van der Waals surface area contributed by atoms with E-state index in [1.807, 2.05) is 48.5 Å². The first-order valence-electron chi connectivity index (χ1n) is 14.5. The lowest BCUT2D eigenvalue weighted by molar-refractivity contribution is -0.141. The summed E-state index contributed by atoms with van der Waals surface area (Å²) in [7, 11) is 0. The van der Waals surface area contributed by atoms with Gasteiger partial charge in [0.25, 0.3) is 0 Å². The van der Waals surface area contributed by atoms with Crippen molar-refractivity contribution in [1.82, 2.24) is 10.2 Å². The molecule has 1 N–H and O–H groups in total. The van der Waals surface area contributed by atoms with E-state index in [0.29, 0.717) is 28.5 Å². The number of rotatable bonds is 10. The first kappa shape index (κ1) is 29.2. The first-order chi connectivity index (χ1) is 20.0. The van der Waals surface area contributed by atoms with Crippen LogP contribution in [0.15, 0.2) is 91.0 Å². The van der Waals surface area contributed by atoms with E-state index >= 15 is 0 Å². The molecule has 0 radical (unpaired) electrons. The average Bonchev–Trinajstić information content (AvgIpc) is 3.00. The van der Waals surface area contributed by atoms with Crippen molar-refractivity contribution in [3.8, 4) is 0 Å². The molecule has 1 aliphatic rings. The summed E-state index contributed by atoms with van der Waals surface area (Å²) in [6.07, 6.45) is 6.58. The summed E-state index contributed by atoms with van der Waals surface area (Å²) >= 11 is 13.2. The number of amides is 2. The van der Waals surface area contributed by atoms with Crippen molar-refractivity contribution >= 4 is 45.8 Å². The standard InChI is InChI=1S/C35H36Cl2N2O2/c36-31-19-10-20-32(37)30(31)24-39(34(40)22-21-27-15-9-14-26-13-7-8-18-29(26)27)33(23-25-11-3-1-4-12-25)35(41)38-28-16-5-2-6-17-28/h1,3-4,7-15,18-20,28,33H,2,5-6,16-17,21-24H2,(H,38,41). The maximum absolute atomic E-state index is 14.2. The second-order valence-electron chi connectivity index (χ2n) is 10.9. The predicted molar refractivity (Wildman–Crippen MR) is 168 cm³/mol. The van der Waals surface area contributed by atoms with E-state index in [1.165, 1.54) is 6.42 Å². The Morgan fingerprint density at radius 3 is 2.22 bits per heavy atom. The third-order valence-electron chi connectivity index (χ3n) is 8.10. The maximum atomic E-state index is 14.2. The molecule has 212 valence electrons. The largest absolute Gasteiger partial charge is 0.352 e. The lowest BCUT2D eigenvalue weighted by atomic mass is 9.94. The molecular formula is C35H36Cl2N2O2. The smallest absolute Gasteiger partial charge is 0.243 e. The second-order valence-corrected chi connectivity index (χ2v) is 11.7. The van der Waals surface area contributed by atoms with Crippen LogP contribution in [0, 0.1) is 0 Å². The predicted octanol–water partition coefficient (Wildman–Crippen LogP) is 8.17. The number of benzene rings is 4. The molecule has 0 aromatic heterocycles. The van der Waals surface area contributed by atoms with Crippen molar-refractivity contribution in [1.29, 1.82) is 0 Å². The van der Waals surface area contributed by atoms with Gasteiger partial charge in [-0.2, -0.15) is 0 Å². The SMILES string of the molecule is O=C(NC1CCCCC1)C(Cc1ccccc1)N(Cc1c(Cl)cccc1Cl)C(=O)CCc1cccc2ccccc12. The van der Waals surface area contributed by atoms with Gasteiger partial charge in [-0.05, 0) is 53.3 Å². The highest BCUT2D eigenvalue weighted by atomic mass is 35.5. The normalized spacial score (nSPS) is 14.5. The number of nitrogens with zero attached hydrogens (tertiary/aromatic N) is 1. The fourth-order valence-electron chi connectivity index (χ4n) is 5.85. The molecule has 1 unspecified atom stereocenters. The van der Waals surface area contributed by atoms with Gasteiger partial charge in [0.1, 0.15) is 6.04 Å². The van der Waals surface area contributed by atoms with Crippen LogP contribution in [0.4, 0.5) is 0 Å². The summed E-state index contributed by atoms with van der Waals surface area (Å²) in [4.78, 5) is 29.9. The molecule has 4 aromatic carbocycles. The van der Waals surface area contributed by atoms with Crippen LogP contribution in [0.2, 0.25) is 10.0 Å². The Hall–Kier alpha value is -3.34. The third-order valence-corrected chi connectivity index (χ3v) is 8.81. The summed E-state index contributed by atoms with van der Waals surface area (Å²) < 4.78 is 0. The maximum Gasteiger partial charge on any atom is 0.243 e. The summed E-state index contributed by atoms with van der Waals surface area (Å²) in [6.45, 7) is 0.155. The van der Waals surface area contributed by atoms with E-state index in [-0.39, 0.29) is 30.8 Å². The van der Waals surface area contributed by atoms with Gasteiger partial charge < -0.3 is 10.2 Å². The van der Waals surface area contributed by atoms with Crippen LogP contribution < -0.4 is 5.32 Å². The molecule has 4 aromatic rings. The van der Waals surface area contributed by atoms with E-state index in [4.69, 9.17) is 23.2 Å². The van der Waals surface area contributed by atoms with Gasteiger partial charge in [0.2, 0.25) is 11.8 Å². The molecule has 4 nitrogen and oxygen atoms in total. The minimum Gasteiger partial charge on any atom is -0.352 e. The van der Waals surface area contributed by atoms with Crippen LogP contribution in [0.25, 0.3) is 10.8 Å². The minimum absolute atomic E-state index is 0.103. The average molecular weight is 588 g/mol. The number of hydrogen-bond donors (Lipinski definition) is 1. The lowest BCUT2D eigenvalue weighted by Gasteiger charge is -2.34. The van der Waals surface area contributed by atoms with E-state index in [2.05, 4.69) is 29.6 Å². The van der Waals surface area contributed by atoms with Crippen molar-refractivity contribution < 1.29 is 9.59 Å². The quantitative estimate of drug-likeness (QED) is 0.204. The van der Waals surface area contributed by atoms with Gasteiger partial charge in [-0.3, -0.25) is 9.59 Å². The fraction of sp³-hybridized carbons (Fsp3) is 0.314. The van der Waals surface area contributed by atoms with E-state index in [1.54, 1.807) is 23.1 Å². The topological polar surface area (TPSA) is 49.4 Å². The van der Waals surface area contributed by atoms with Crippen molar-refractivity contribution in [3.63, 3.8) is 0 Å². The highest BCUT2D eigenvalue weighted by Gasteiger charge is 2.32. The molecule has 0 heterocycles. The highest BCUT2D eigenvalue weighted by Crippen LogP contribution is 2.28. The zero-order valence-corrected chi connectivity index (χ0v) is 24.7. The molecule has 0 saturated heterocycles. The van der Waals surface area contributed by atoms with Crippen LogP contribution in [0.3, 0.4) is 0 Å². The monoisotopic (exact) mass is 586 g/mol. The molecule has 1 fully saturated rings. The number of carbonyl (C=O) groups is 2. The van der Waals surface area contributed by atoms with E-state index < -0.39 is 6.04 Å². The first-order valence-corrected chi connectivity index (χ1v) is 15.3. The molecule has 41 heavy (non-hydrogen) atoms. The van der Waals surface area contributed by atoms with Crippen molar-refractivity contribution in [2.45, 2.75) is 70.0 Å². The Kier molecular flexibility index (Phi) is 9.97. The van der Waals surface area contributed by atoms with Gasteiger partial charge in [0.05, 0.1) is 0 Å². The Balaban J connectivity index is 1.47. The Morgan fingerprint density at radius 1 is 0.805 bits per heavy atom.